The fraction of sp³-hybridized carbons (Fsp3) is 0.148. The monoisotopic (exact) mass is 473 g/mol. The number of amides is 1. The van der Waals surface area contributed by atoms with Crippen LogP contribution in [0.2, 0.25) is 5.02 Å². The van der Waals surface area contributed by atoms with Gasteiger partial charge in [0.2, 0.25) is 0 Å². The minimum Gasteiger partial charge on any atom is -0.331 e. The van der Waals surface area contributed by atoms with Crippen LogP contribution in [-0.4, -0.2) is 39.5 Å². The Morgan fingerprint density at radius 3 is 2.15 bits per heavy atom. The standard InChI is InChI=1S/C27H24ClN3O3/c1-2-17-30(26(33)20-13-15-21(28)16-14-20)18-23(32)24-25(19-9-5-3-6-10-19)29-31(27(24)34)22-11-7-4-8-12-22/h3-16,29H,2,17-18H2,1H3. The average molecular weight is 474 g/mol. The Morgan fingerprint density at radius 1 is 0.912 bits per heavy atom. The molecule has 0 saturated carbocycles. The number of halogens is 1. The first kappa shape index (κ1) is 23.3. The van der Waals surface area contributed by atoms with Crippen LogP contribution < -0.4 is 5.56 Å². The number of aromatic amines is 1. The summed E-state index contributed by atoms with van der Waals surface area (Å²) in [5.41, 5.74) is 1.76. The topological polar surface area (TPSA) is 75.2 Å². The zero-order valence-electron chi connectivity index (χ0n) is 18.7. The van der Waals surface area contributed by atoms with Gasteiger partial charge in [-0.15, -0.1) is 0 Å². The summed E-state index contributed by atoms with van der Waals surface area (Å²) in [4.78, 5) is 41.5. The minimum absolute atomic E-state index is 0.0278. The fourth-order valence-electron chi connectivity index (χ4n) is 3.82. The first-order chi connectivity index (χ1) is 16.5. The molecule has 3 aromatic carbocycles. The van der Waals surface area contributed by atoms with Crippen molar-refractivity contribution in [2.24, 2.45) is 0 Å². The van der Waals surface area contributed by atoms with Gasteiger partial charge in [0.25, 0.3) is 11.5 Å². The molecule has 0 unspecified atom stereocenters. The first-order valence-corrected chi connectivity index (χ1v) is 11.4. The molecule has 0 atom stereocenters. The lowest BCUT2D eigenvalue weighted by Gasteiger charge is -2.21. The van der Waals surface area contributed by atoms with Crippen molar-refractivity contribution in [3.63, 3.8) is 0 Å². The highest BCUT2D eigenvalue weighted by molar-refractivity contribution is 6.30. The molecule has 1 aromatic heterocycles. The molecule has 34 heavy (non-hydrogen) atoms. The molecule has 1 amide bonds. The highest BCUT2D eigenvalue weighted by atomic mass is 35.5. The molecular weight excluding hydrogens is 450 g/mol. The number of H-pyrrole nitrogens is 1. The zero-order valence-corrected chi connectivity index (χ0v) is 19.5. The van der Waals surface area contributed by atoms with E-state index in [0.717, 1.165) is 0 Å². The van der Waals surface area contributed by atoms with Gasteiger partial charge in [0.05, 0.1) is 17.9 Å². The molecule has 172 valence electrons. The van der Waals surface area contributed by atoms with Gasteiger partial charge in [-0.05, 0) is 42.8 Å². The number of nitrogens with one attached hydrogen (secondary N) is 1. The molecular formula is C27H24ClN3O3. The van der Waals surface area contributed by atoms with Crippen molar-refractivity contribution in [3.05, 3.63) is 111 Å². The molecule has 0 aliphatic rings. The molecule has 0 spiro atoms. The number of carbonyl (C=O) groups excluding carboxylic acids is 2. The van der Waals surface area contributed by atoms with Gasteiger partial charge in [-0.3, -0.25) is 19.5 Å². The Hall–Kier alpha value is -3.90. The molecule has 4 aromatic rings. The van der Waals surface area contributed by atoms with Crippen molar-refractivity contribution >= 4 is 23.3 Å². The van der Waals surface area contributed by atoms with Crippen LogP contribution in [0.15, 0.2) is 89.7 Å². The minimum atomic E-state index is -0.453. The lowest BCUT2D eigenvalue weighted by atomic mass is 10.0. The Labute approximate surface area is 202 Å². The van der Waals surface area contributed by atoms with Gasteiger partial charge in [-0.1, -0.05) is 67.1 Å². The molecule has 6 nitrogen and oxygen atoms in total. The third-order valence-electron chi connectivity index (χ3n) is 5.45. The van der Waals surface area contributed by atoms with Crippen LogP contribution in [0.25, 0.3) is 16.9 Å². The second kappa shape index (κ2) is 10.4. The molecule has 7 heteroatoms. The number of Topliss-reactive ketones (excluding diaryl/α,β-unsaturated/α-hetero) is 1. The summed E-state index contributed by atoms with van der Waals surface area (Å²) in [6, 6.07) is 24.8. The summed E-state index contributed by atoms with van der Waals surface area (Å²) in [5.74, 6) is -0.711. The Bertz CT molecular complexity index is 1340. The number of carbonyl (C=O) groups is 2. The summed E-state index contributed by atoms with van der Waals surface area (Å²) < 4.78 is 1.36. The van der Waals surface area contributed by atoms with Gasteiger partial charge < -0.3 is 4.90 Å². The average Bonchev–Trinajstić information content (AvgIpc) is 3.22. The number of benzene rings is 3. The molecule has 0 fully saturated rings. The number of rotatable bonds is 8. The zero-order chi connectivity index (χ0) is 24.1. The van der Waals surface area contributed by atoms with E-state index in [1.54, 1.807) is 36.4 Å². The van der Waals surface area contributed by atoms with Crippen LogP contribution in [0.5, 0.6) is 0 Å². The number of hydrogen-bond acceptors (Lipinski definition) is 3. The second-order valence-electron chi connectivity index (χ2n) is 7.86. The molecule has 0 bridgehead atoms. The van der Waals surface area contributed by atoms with Gasteiger partial charge >= 0.3 is 0 Å². The van der Waals surface area contributed by atoms with Gasteiger partial charge in [0.15, 0.2) is 5.78 Å². The summed E-state index contributed by atoms with van der Waals surface area (Å²) in [6.07, 6.45) is 0.666. The van der Waals surface area contributed by atoms with E-state index in [9.17, 15) is 14.4 Å². The highest BCUT2D eigenvalue weighted by Gasteiger charge is 2.26. The van der Waals surface area contributed by atoms with Crippen LogP contribution >= 0.6 is 11.6 Å². The number of ketones is 1. The lowest BCUT2D eigenvalue weighted by molar-refractivity contribution is 0.0709. The molecule has 0 aliphatic carbocycles. The number of hydrogen-bond donors (Lipinski definition) is 1. The largest absolute Gasteiger partial charge is 0.331 e. The van der Waals surface area contributed by atoms with Crippen LogP contribution in [0.1, 0.15) is 34.1 Å². The van der Waals surface area contributed by atoms with Crippen molar-refractivity contribution in [3.8, 4) is 16.9 Å². The fourth-order valence-corrected chi connectivity index (χ4v) is 3.94. The predicted octanol–water partition coefficient (Wildman–Crippen LogP) is 5.22. The molecule has 4 rings (SSSR count). The second-order valence-corrected chi connectivity index (χ2v) is 8.30. The first-order valence-electron chi connectivity index (χ1n) is 11.0. The van der Waals surface area contributed by atoms with Gasteiger partial charge in [0, 0.05) is 22.7 Å². The van der Waals surface area contributed by atoms with E-state index >= 15 is 0 Å². The normalized spacial score (nSPS) is 10.8. The highest BCUT2D eigenvalue weighted by Crippen LogP contribution is 2.22. The van der Waals surface area contributed by atoms with Crippen LogP contribution in [0.4, 0.5) is 0 Å². The predicted molar refractivity (Wildman–Crippen MR) is 134 cm³/mol. The lowest BCUT2D eigenvalue weighted by Crippen LogP contribution is -2.37. The maximum Gasteiger partial charge on any atom is 0.282 e. The summed E-state index contributed by atoms with van der Waals surface area (Å²) in [6.45, 7) is 2.10. The Kier molecular flexibility index (Phi) is 7.09. The number of nitrogens with zero attached hydrogens (tertiary/aromatic N) is 2. The van der Waals surface area contributed by atoms with E-state index in [1.807, 2.05) is 55.5 Å². The van der Waals surface area contributed by atoms with E-state index in [4.69, 9.17) is 11.6 Å². The molecule has 1 heterocycles. The maximum atomic E-state index is 13.5. The van der Waals surface area contributed by atoms with E-state index in [2.05, 4.69) is 5.10 Å². The quantitative estimate of drug-likeness (QED) is 0.356. The molecule has 0 radical (unpaired) electrons. The van der Waals surface area contributed by atoms with Crippen LogP contribution in [0.3, 0.4) is 0 Å². The molecule has 1 N–H and O–H groups in total. The van der Waals surface area contributed by atoms with E-state index in [-0.39, 0.29) is 18.0 Å². The van der Waals surface area contributed by atoms with E-state index < -0.39 is 11.3 Å². The van der Waals surface area contributed by atoms with Crippen molar-refractivity contribution in [1.29, 1.82) is 0 Å². The number of para-hydroxylation sites is 1. The van der Waals surface area contributed by atoms with Crippen LogP contribution in [0, 0.1) is 0 Å². The van der Waals surface area contributed by atoms with Crippen molar-refractivity contribution in [2.75, 3.05) is 13.1 Å². The van der Waals surface area contributed by atoms with Crippen molar-refractivity contribution in [1.82, 2.24) is 14.7 Å². The number of aromatic nitrogens is 2. The van der Waals surface area contributed by atoms with Gasteiger partial charge in [0.1, 0.15) is 5.56 Å². The SMILES string of the molecule is CCCN(CC(=O)c1c(-c2ccccc2)[nH]n(-c2ccccc2)c1=O)C(=O)c1ccc(Cl)cc1. The Morgan fingerprint density at radius 2 is 1.53 bits per heavy atom. The van der Waals surface area contributed by atoms with Gasteiger partial charge in [-0.25, -0.2) is 4.68 Å². The van der Waals surface area contributed by atoms with E-state index in [0.29, 0.717) is 40.5 Å². The third-order valence-corrected chi connectivity index (χ3v) is 5.70. The molecule has 0 aliphatic heterocycles. The summed E-state index contributed by atoms with van der Waals surface area (Å²) in [5, 5.41) is 3.63. The van der Waals surface area contributed by atoms with Crippen LogP contribution in [-0.2, 0) is 0 Å². The van der Waals surface area contributed by atoms with E-state index in [1.165, 1.54) is 9.58 Å². The molecule has 0 saturated heterocycles. The third kappa shape index (κ3) is 4.87. The smallest absolute Gasteiger partial charge is 0.282 e. The summed E-state index contributed by atoms with van der Waals surface area (Å²) in [7, 11) is 0. The van der Waals surface area contributed by atoms with Crippen molar-refractivity contribution < 1.29 is 9.59 Å². The maximum absolute atomic E-state index is 13.5. The van der Waals surface area contributed by atoms with Gasteiger partial charge in [-0.2, -0.15) is 0 Å². The Balaban J connectivity index is 1.74. The van der Waals surface area contributed by atoms with Crippen molar-refractivity contribution in [2.45, 2.75) is 13.3 Å². The summed E-state index contributed by atoms with van der Waals surface area (Å²) >= 11 is 5.95.